The highest BCUT2D eigenvalue weighted by Crippen LogP contribution is 2.49. The Morgan fingerprint density at radius 1 is 1.04 bits per heavy atom. The van der Waals surface area contributed by atoms with Crippen LogP contribution in [0.1, 0.15) is 32.6 Å². The number of rotatable bonds is 10. The fraction of sp³-hybridized carbons (Fsp3) is 0.571. The summed E-state index contributed by atoms with van der Waals surface area (Å²) in [5.74, 6) is 0. The van der Waals surface area contributed by atoms with Crippen molar-refractivity contribution in [2.75, 3.05) is 6.61 Å². The molecule has 0 bridgehead atoms. The summed E-state index contributed by atoms with van der Waals surface area (Å²) in [5.41, 5.74) is 0. The normalized spacial score (nSPS) is 13.3. The van der Waals surface area contributed by atoms with Gasteiger partial charge in [-0.1, -0.05) is 44.4 Å². The van der Waals surface area contributed by atoms with Crippen LogP contribution in [0.2, 0.25) is 0 Å². The summed E-state index contributed by atoms with van der Waals surface area (Å²) in [6.45, 7) is 1.37. The molecule has 0 heterocycles. The topological polar surface area (TPSA) is 43.4 Å². The number of hydrogen-bond acceptors (Lipinski definition) is 4. The van der Waals surface area contributed by atoms with E-state index in [9.17, 15) is 26.0 Å². The van der Waals surface area contributed by atoms with Gasteiger partial charge in [0.05, 0.1) is 6.61 Å². The van der Waals surface area contributed by atoms with Crippen LogP contribution in [0.3, 0.4) is 0 Å². The first-order chi connectivity index (χ1) is 10.6. The van der Waals surface area contributed by atoms with Crippen molar-refractivity contribution in [2.24, 2.45) is 0 Å². The molecule has 0 radical (unpaired) electrons. The summed E-state index contributed by atoms with van der Waals surface area (Å²) in [5, 5.41) is -10.2. The van der Waals surface area contributed by atoms with Gasteiger partial charge in [0.1, 0.15) is 0 Å². The predicted molar refractivity (Wildman–Crippen MR) is 81.2 cm³/mol. The fourth-order valence-electron chi connectivity index (χ4n) is 1.61. The van der Waals surface area contributed by atoms with Crippen molar-refractivity contribution < 1.29 is 30.2 Å². The average Bonchev–Trinajstić information content (AvgIpc) is 2.47. The highest BCUT2D eigenvalue weighted by molar-refractivity contribution is 8.01. The molecule has 0 aliphatic carbocycles. The van der Waals surface area contributed by atoms with Crippen LogP contribution >= 0.6 is 11.8 Å². The first-order valence-corrected chi connectivity index (χ1v) is 9.25. The van der Waals surface area contributed by atoms with Gasteiger partial charge < -0.3 is 0 Å². The van der Waals surface area contributed by atoms with E-state index in [0.29, 0.717) is 6.42 Å². The number of hydrogen-bond donors (Lipinski definition) is 0. The van der Waals surface area contributed by atoms with E-state index < -0.39 is 39.0 Å². The van der Waals surface area contributed by atoms with E-state index in [-0.39, 0.29) is 11.3 Å². The molecule has 9 heteroatoms. The first-order valence-electron chi connectivity index (χ1n) is 7.02. The number of halogens is 4. The van der Waals surface area contributed by atoms with E-state index in [1.807, 2.05) is 6.92 Å². The van der Waals surface area contributed by atoms with Gasteiger partial charge in [-0.2, -0.15) is 26.0 Å². The second-order valence-corrected chi connectivity index (χ2v) is 7.63. The van der Waals surface area contributed by atoms with Crippen molar-refractivity contribution in [1.29, 1.82) is 0 Å². The van der Waals surface area contributed by atoms with Crippen molar-refractivity contribution >= 4 is 21.9 Å². The molecular weight excluding hydrogens is 356 g/mol. The molecule has 0 aromatic heterocycles. The highest BCUT2D eigenvalue weighted by atomic mass is 32.2. The molecule has 0 aliphatic heterocycles. The van der Waals surface area contributed by atoms with Gasteiger partial charge in [-0.15, -0.1) is 0 Å². The minimum absolute atomic E-state index is 0.171. The maximum Gasteiger partial charge on any atom is 0.442 e. The van der Waals surface area contributed by atoms with Gasteiger partial charge in [-0.25, -0.2) is 0 Å². The third-order valence-corrected chi connectivity index (χ3v) is 5.39. The molecule has 0 saturated carbocycles. The van der Waals surface area contributed by atoms with E-state index in [0.717, 1.165) is 12.8 Å². The van der Waals surface area contributed by atoms with Gasteiger partial charge >= 0.3 is 20.6 Å². The maximum atomic E-state index is 13.8. The van der Waals surface area contributed by atoms with Crippen molar-refractivity contribution in [1.82, 2.24) is 0 Å². The maximum absolute atomic E-state index is 13.8. The van der Waals surface area contributed by atoms with Crippen LogP contribution in [-0.2, 0) is 14.3 Å². The Balaban J connectivity index is 2.77. The molecule has 1 aromatic rings. The van der Waals surface area contributed by atoms with Gasteiger partial charge in [-0.05, 0) is 30.3 Å². The molecule has 1 rings (SSSR count). The second-order valence-electron chi connectivity index (χ2n) is 4.79. The monoisotopic (exact) mass is 374 g/mol. The van der Waals surface area contributed by atoms with Crippen LogP contribution in [0.4, 0.5) is 17.6 Å². The summed E-state index contributed by atoms with van der Waals surface area (Å²) in [7, 11) is -5.73. The van der Waals surface area contributed by atoms with Crippen molar-refractivity contribution in [3.8, 4) is 0 Å². The number of unbranched alkanes of at least 4 members (excludes halogenated alkanes) is 3. The first kappa shape index (κ1) is 20.2. The van der Waals surface area contributed by atoms with Gasteiger partial charge in [-0.3, -0.25) is 4.18 Å². The lowest BCUT2D eigenvalue weighted by Crippen LogP contribution is -2.45. The molecule has 0 unspecified atom stereocenters. The molecule has 3 nitrogen and oxygen atoms in total. The van der Waals surface area contributed by atoms with E-state index >= 15 is 0 Å². The number of thioether (sulfide) groups is 1. The lowest BCUT2D eigenvalue weighted by molar-refractivity contribution is -0.0964. The largest absolute Gasteiger partial charge is 0.442 e. The molecule has 0 saturated heterocycles. The Bertz CT molecular complexity index is 577. The Morgan fingerprint density at radius 3 is 2.22 bits per heavy atom. The molecule has 0 N–H and O–H groups in total. The summed E-state index contributed by atoms with van der Waals surface area (Å²) < 4.78 is 82.1. The molecule has 0 atom stereocenters. The van der Waals surface area contributed by atoms with E-state index in [2.05, 4.69) is 4.18 Å². The second kappa shape index (κ2) is 8.34. The summed E-state index contributed by atoms with van der Waals surface area (Å²) in [6.07, 6.45) is 2.42. The van der Waals surface area contributed by atoms with Crippen molar-refractivity contribution in [2.45, 2.75) is 48.0 Å². The molecule has 0 amide bonds. The van der Waals surface area contributed by atoms with Crippen LogP contribution in [0.15, 0.2) is 35.2 Å². The third kappa shape index (κ3) is 5.36. The van der Waals surface area contributed by atoms with Crippen molar-refractivity contribution in [3.63, 3.8) is 0 Å². The number of benzene rings is 1. The summed E-state index contributed by atoms with van der Waals surface area (Å²) in [6, 6.07) is 6.67. The molecule has 132 valence electrons. The molecule has 23 heavy (non-hydrogen) atoms. The van der Waals surface area contributed by atoms with Gasteiger partial charge in [0.15, 0.2) is 0 Å². The van der Waals surface area contributed by atoms with Crippen LogP contribution in [0.5, 0.6) is 0 Å². The number of alkyl halides is 4. The standard InChI is InChI=1S/C14H18F4O3S2/c1-2-3-4-8-11-21-23(19,20)14(17,18)13(15,16)22-12-9-6-5-7-10-12/h5-7,9-10H,2-4,8,11H2,1H3. The summed E-state index contributed by atoms with van der Waals surface area (Å²) >= 11 is -0.515. The fourth-order valence-corrected chi connectivity index (χ4v) is 3.53. The van der Waals surface area contributed by atoms with Crippen LogP contribution in [-0.4, -0.2) is 25.5 Å². The Morgan fingerprint density at radius 2 is 1.65 bits per heavy atom. The highest BCUT2D eigenvalue weighted by Gasteiger charge is 2.67. The zero-order valence-electron chi connectivity index (χ0n) is 12.5. The van der Waals surface area contributed by atoms with Crippen LogP contribution in [0, 0.1) is 0 Å². The van der Waals surface area contributed by atoms with Gasteiger partial charge in [0, 0.05) is 4.90 Å². The van der Waals surface area contributed by atoms with Crippen molar-refractivity contribution in [3.05, 3.63) is 30.3 Å². The van der Waals surface area contributed by atoms with Crippen LogP contribution in [0.25, 0.3) is 0 Å². The minimum atomic E-state index is -5.73. The third-order valence-electron chi connectivity index (χ3n) is 2.88. The quantitative estimate of drug-likeness (QED) is 0.253. The zero-order valence-corrected chi connectivity index (χ0v) is 14.1. The van der Waals surface area contributed by atoms with E-state index in [1.165, 1.54) is 30.3 Å². The molecule has 1 aromatic carbocycles. The Labute approximate surface area is 137 Å². The lowest BCUT2D eigenvalue weighted by Gasteiger charge is -2.24. The summed E-state index contributed by atoms with van der Waals surface area (Å²) in [4.78, 5) is -0.171. The Kier molecular flexibility index (Phi) is 7.34. The molecular formula is C14H18F4O3S2. The molecule has 0 spiro atoms. The molecule has 0 aliphatic rings. The van der Waals surface area contributed by atoms with Crippen LogP contribution < -0.4 is 0 Å². The SMILES string of the molecule is CCCCCCOS(=O)(=O)C(F)(F)C(F)(F)Sc1ccccc1. The average molecular weight is 374 g/mol. The lowest BCUT2D eigenvalue weighted by atomic mass is 10.2. The smallest absolute Gasteiger partial charge is 0.265 e. The van der Waals surface area contributed by atoms with Gasteiger partial charge in [0.25, 0.3) is 0 Å². The van der Waals surface area contributed by atoms with E-state index in [1.54, 1.807) is 0 Å². The van der Waals surface area contributed by atoms with E-state index in [4.69, 9.17) is 0 Å². The molecule has 0 fully saturated rings. The minimum Gasteiger partial charge on any atom is -0.265 e. The Hall–Kier alpha value is -0.800. The van der Waals surface area contributed by atoms with Gasteiger partial charge in [0.2, 0.25) is 0 Å². The zero-order chi connectivity index (χ0) is 17.6. The predicted octanol–water partition coefficient (Wildman–Crippen LogP) is 4.89.